The van der Waals surface area contributed by atoms with Crippen molar-refractivity contribution >= 4 is 0 Å². The molecule has 2 heteroatoms. The van der Waals surface area contributed by atoms with E-state index in [2.05, 4.69) is 60.8 Å². The van der Waals surface area contributed by atoms with Gasteiger partial charge in [-0.25, -0.2) is 0 Å². The molecule has 0 aliphatic carbocycles. The van der Waals surface area contributed by atoms with Crippen molar-refractivity contribution in [1.29, 1.82) is 0 Å². The molecule has 0 spiro atoms. The number of aliphatic hydroxyl groups is 1. The van der Waals surface area contributed by atoms with E-state index in [0.717, 1.165) is 19.4 Å². The smallest absolute Gasteiger partial charge is 0.0664 e. The van der Waals surface area contributed by atoms with Crippen LogP contribution < -0.4 is 5.32 Å². The molecule has 0 saturated carbocycles. The predicted octanol–water partition coefficient (Wildman–Crippen LogP) is 3.60. The van der Waals surface area contributed by atoms with Crippen LogP contribution in [0.2, 0.25) is 0 Å². The van der Waals surface area contributed by atoms with E-state index in [0.29, 0.717) is 6.54 Å². The molecular formula is C18H23NO. The summed E-state index contributed by atoms with van der Waals surface area (Å²) in [5.74, 6) is 0. The summed E-state index contributed by atoms with van der Waals surface area (Å²) in [6.45, 7) is 3.55. The molecule has 0 radical (unpaired) electrons. The van der Waals surface area contributed by atoms with Gasteiger partial charge in [-0.1, -0.05) is 67.9 Å². The van der Waals surface area contributed by atoms with Crippen LogP contribution in [0.4, 0.5) is 0 Å². The van der Waals surface area contributed by atoms with Gasteiger partial charge in [-0.2, -0.15) is 0 Å². The summed E-state index contributed by atoms with van der Waals surface area (Å²) in [5, 5.41) is 13.0. The Morgan fingerprint density at radius 2 is 1.60 bits per heavy atom. The van der Waals surface area contributed by atoms with E-state index < -0.39 is 0 Å². The molecule has 1 atom stereocenters. The molecule has 106 valence electrons. The molecule has 2 aromatic carbocycles. The highest BCUT2D eigenvalue weighted by Gasteiger charge is 2.02. The maximum absolute atomic E-state index is 9.66. The minimum Gasteiger partial charge on any atom is -0.392 e. The first kappa shape index (κ1) is 14.8. The standard InChI is InChI=1S/C18H23NO/c1-2-6-18(20)14-19-13-15-9-11-17(12-10-15)16-7-4-3-5-8-16/h3-5,7-12,18-20H,2,6,13-14H2,1H3. The van der Waals surface area contributed by atoms with Gasteiger partial charge in [-0.15, -0.1) is 0 Å². The number of benzene rings is 2. The molecule has 0 fully saturated rings. The molecule has 0 bridgehead atoms. The molecule has 2 rings (SSSR count). The number of nitrogens with one attached hydrogen (secondary N) is 1. The van der Waals surface area contributed by atoms with E-state index in [9.17, 15) is 5.11 Å². The summed E-state index contributed by atoms with van der Waals surface area (Å²) in [5.41, 5.74) is 3.72. The second kappa shape index (κ2) is 7.83. The molecule has 0 heterocycles. The molecule has 20 heavy (non-hydrogen) atoms. The van der Waals surface area contributed by atoms with Crippen LogP contribution in [0.1, 0.15) is 25.3 Å². The lowest BCUT2D eigenvalue weighted by atomic mass is 10.0. The molecule has 0 aliphatic rings. The Kier molecular flexibility index (Phi) is 5.78. The quantitative estimate of drug-likeness (QED) is 0.805. The molecule has 2 aromatic rings. The highest BCUT2D eigenvalue weighted by molar-refractivity contribution is 5.63. The van der Waals surface area contributed by atoms with Crippen molar-refractivity contribution in [3.63, 3.8) is 0 Å². The van der Waals surface area contributed by atoms with Crippen LogP contribution in [0.3, 0.4) is 0 Å². The second-order valence-electron chi connectivity index (χ2n) is 5.14. The molecule has 2 nitrogen and oxygen atoms in total. The zero-order valence-corrected chi connectivity index (χ0v) is 12.0. The third-order valence-electron chi connectivity index (χ3n) is 3.39. The first-order valence-electron chi connectivity index (χ1n) is 7.32. The van der Waals surface area contributed by atoms with Gasteiger partial charge in [0.2, 0.25) is 0 Å². The minimum absolute atomic E-state index is 0.233. The maximum atomic E-state index is 9.66. The van der Waals surface area contributed by atoms with Crippen LogP contribution in [0, 0.1) is 0 Å². The van der Waals surface area contributed by atoms with Crippen molar-refractivity contribution in [2.75, 3.05) is 6.54 Å². The van der Waals surface area contributed by atoms with Crippen molar-refractivity contribution in [2.24, 2.45) is 0 Å². The van der Waals surface area contributed by atoms with Gasteiger partial charge in [-0.05, 0) is 23.1 Å². The monoisotopic (exact) mass is 269 g/mol. The van der Waals surface area contributed by atoms with Crippen molar-refractivity contribution < 1.29 is 5.11 Å². The first-order chi connectivity index (χ1) is 9.79. The third kappa shape index (κ3) is 4.48. The maximum Gasteiger partial charge on any atom is 0.0664 e. The summed E-state index contributed by atoms with van der Waals surface area (Å²) in [4.78, 5) is 0. The predicted molar refractivity (Wildman–Crippen MR) is 84.5 cm³/mol. The topological polar surface area (TPSA) is 32.3 Å². The molecule has 2 N–H and O–H groups in total. The van der Waals surface area contributed by atoms with E-state index in [1.165, 1.54) is 16.7 Å². The fourth-order valence-corrected chi connectivity index (χ4v) is 2.26. The SMILES string of the molecule is CCCC(O)CNCc1ccc(-c2ccccc2)cc1. The molecule has 0 aliphatic heterocycles. The molecule has 0 saturated heterocycles. The molecule has 0 aromatic heterocycles. The van der Waals surface area contributed by atoms with Crippen LogP contribution in [-0.2, 0) is 6.54 Å². The van der Waals surface area contributed by atoms with Gasteiger partial charge in [0.25, 0.3) is 0 Å². The van der Waals surface area contributed by atoms with Crippen molar-refractivity contribution in [2.45, 2.75) is 32.4 Å². The van der Waals surface area contributed by atoms with Gasteiger partial charge >= 0.3 is 0 Å². The highest BCUT2D eigenvalue weighted by Crippen LogP contribution is 2.19. The summed E-state index contributed by atoms with van der Waals surface area (Å²) < 4.78 is 0. The second-order valence-corrected chi connectivity index (χ2v) is 5.14. The Labute approximate surface area is 121 Å². The highest BCUT2D eigenvalue weighted by atomic mass is 16.3. The van der Waals surface area contributed by atoms with Gasteiger partial charge < -0.3 is 10.4 Å². The van der Waals surface area contributed by atoms with Gasteiger partial charge in [-0.3, -0.25) is 0 Å². The summed E-state index contributed by atoms with van der Waals surface area (Å²) in [7, 11) is 0. The third-order valence-corrected chi connectivity index (χ3v) is 3.39. The Balaban J connectivity index is 1.86. The van der Waals surface area contributed by atoms with Crippen LogP contribution in [0.15, 0.2) is 54.6 Å². The fourth-order valence-electron chi connectivity index (χ4n) is 2.26. The van der Waals surface area contributed by atoms with Crippen LogP contribution >= 0.6 is 0 Å². The number of aliphatic hydroxyl groups excluding tert-OH is 1. The Morgan fingerprint density at radius 1 is 0.950 bits per heavy atom. The zero-order valence-electron chi connectivity index (χ0n) is 12.0. The Morgan fingerprint density at radius 3 is 2.25 bits per heavy atom. The van der Waals surface area contributed by atoms with E-state index in [4.69, 9.17) is 0 Å². The van der Waals surface area contributed by atoms with Gasteiger partial charge in [0.1, 0.15) is 0 Å². The normalized spacial score (nSPS) is 12.3. The molecule has 0 amide bonds. The average molecular weight is 269 g/mol. The van der Waals surface area contributed by atoms with Crippen molar-refractivity contribution in [1.82, 2.24) is 5.32 Å². The van der Waals surface area contributed by atoms with Crippen molar-refractivity contribution in [3.8, 4) is 11.1 Å². The lowest BCUT2D eigenvalue weighted by molar-refractivity contribution is 0.160. The van der Waals surface area contributed by atoms with Crippen LogP contribution in [-0.4, -0.2) is 17.8 Å². The summed E-state index contributed by atoms with van der Waals surface area (Å²) in [6, 6.07) is 19.0. The largest absolute Gasteiger partial charge is 0.392 e. The van der Waals surface area contributed by atoms with E-state index in [1.54, 1.807) is 0 Å². The van der Waals surface area contributed by atoms with Crippen molar-refractivity contribution in [3.05, 3.63) is 60.2 Å². The van der Waals surface area contributed by atoms with E-state index in [1.807, 2.05) is 6.07 Å². The zero-order chi connectivity index (χ0) is 14.2. The first-order valence-corrected chi connectivity index (χ1v) is 7.32. The van der Waals surface area contributed by atoms with Gasteiger partial charge in [0, 0.05) is 13.1 Å². The van der Waals surface area contributed by atoms with Crippen LogP contribution in [0.5, 0.6) is 0 Å². The summed E-state index contributed by atoms with van der Waals surface area (Å²) >= 11 is 0. The number of hydrogen-bond acceptors (Lipinski definition) is 2. The van der Waals surface area contributed by atoms with Gasteiger partial charge in [0.05, 0.1) is 6.10 Å². The fraction of sp³-hybridized carbons (Fsp3) is 0.333. The lowest BCUT2D eigenvalue weighted by Gasteiger charge is -2.11. The summed E-state index contributed by atoms with van der Waals surface area (Å²) in [6.07, 6.45) is 1.65. The number of rotatable bonds is 7. The number of hydrogen-bond donors (Lipinski definition) is 2. The van der Waals surface area contributed by atoms with Gasteiger partial charge in [0.15, 0.2) is 0 Å². The lowest BCUT2D eigenvalue weighted by Crippen LogP contribution is -2.26. The Bertz CT molecular complexity index is 493. The van der Waals surface area contributed by atoms with E-state index >= 15 is 0 Å². The Hall–Kier alpha value is -1.64. The van der Waals surface area contributed by atoms with Crippen LogP contribution in [0.25, 0.3) is 11.1 Å². The molecular weight excluding hydrogens is 246 g/mol. The van der Waals surface area contributed by atoms with E-state index in [-0.39, 0.29) is 6.10 Å². The average Bonchev–Trinajstić information content (AvgIpc) is 2.49. The minimum atomic E-state index is -0.233. The molecule has 1 unspecified atom stereocenters.